The molecular formula is C13H15ClN2O2S. The Balaban J connectivity index is 2.11. The number of carbonyl (C=O) groups excluding carboxylic acids is 2. The molecule has 1 aromatic heterocycles. The van der Waals surface area contributed by atoms with E-state index in [9.17, 15) is 9.59 Å². The minimum Gasteiger partial charge on any atom is -0.309 e. The van der Waals surface area contributed by atoms with Gasteiger partial charge < -0.3 is 4.90 Å². The van der Waals surface area contributed by atoms with Gasteiger partial charge in [-0.05, 0) is 24.5 Å². The minimum absolute atomic E-state index is 0.0449. The van der Waals surface area contributed by atoms with E-state index in [0.29, 0.717) is 29.6 Å². The number of amides is 1. The molecule has 19 heavy (non-hydrogen) atoms. The molecule has 2 rings (SSSR count). The van der Waals surface area contributed by atoms with Crippen molar-refractivity contribution in [3.8, 4) is 0 Å². The molecule has 1 amide bonds. The first kappa shape index (κ1) is 14.3. The lowest BCUT2D eigenvalue weighted by Gasteiger charge is -2.18. The van der Waals surface area contributed by atoms with Gasteiger partial charge in [-0.25, -0.2) is 4.98 Å². The molecule has 0 aromatic carbocycles. The van der Waals surface area contributed by atoms with E-state index in [4.69, 9.17) is 11.6 Å². The number of carbonyl (C=O) groups is 2. The summed E-state index contributed by atoms with van der Waals surface area (Å²) in [5.41, 5.74) is 1.63. The van der Waals surface area contributed by atoms with Gasteiger partial charge >= 0.3 is 0 Å². The third kappa shape index (κ3) is 3.48. The van der Waals surface area contributed by atoms with Gasteiger partial charge in [0.15, 0.2) is 10.3 Å². The molecule has 1 fully saturated rings. The van der Waals surface area contributed by atoms with Crippen LogP contribution in [-0.4, -0.2) is 28.3 Å². The van der Waals surface area contributed by atoms with Crippen molar-refractivity contribution < 1.29 is 9.59 Å². The average Bonchev–Trinajstić information content (AvgIpc) is 2.71. The number of hydrogen-bond donors (Lipinski definition) is 0. The Morgan fingerprint density at radius 2 is 2.37 bits per heavy atom. The van der Waals surface area contributed by atoms with Crippen LogP contribution in [0, 0.1) is 12.8 Å². The molecule has 102 valence electrons. The maximum Gasteiger partial charge on any atom is 0.227 e. The van der Waals surface area contributed by atoms with Crippen molar-refractivity contribution in [3.63, 3.8) is 0 Å². The summed E-state index contributed by atoms with van der Waals surface area (Å²) in [6.07, 6.45) is 2.14. The summed E-state index contributed by atoms with van der Waals surface area (Å²) >= 11 is 7.32. The molecule has 4 nitrogen and oxygen atoms in total. The van der Waals surface area contributed by atoms with Crippen molar-refractivity contribution in [1.29, 1.82) is 0 Å². The minimum atomic E-state index is 0.0449. The normalized spacial score (nSPS) is 19.0. The fourth-order valence-corrected chi connectivity index (χ4v) is 2.99. The second kappa shape index (κ2) is 5.92. The molecular weight excluding hydrogens is 284 g/mol. The standard InChI is InChI=1S/C13H15ClN2O2S/c1-8-3-11(13(14)15-5-8)16-6-10(4-12(16)18)7-19-9(2)17/h3,5,10H,4,6-7H2,1-2H3. The van der Waals surface area contributed by atoms with Gasteiger partial charge in [0.05, 0.1) is 5.69 Å². The molecule has 0 radical (unpaired) electrons. The summed E-state index contributed by atoms with van der Waals surface area (Å²) in [6.45, 7) is 4.06. The number of rotatable bonds is 3. The number of hydrogen-bond acceptors (Lipinski definition) is 4. The Hall–Kier alpha value is -1.07. The third-order valence-electron chi connectivity index (χ3n) is 2.98. The van der Waals surface area contributed by atoms with Gasteiger partial charge in [-0.15, -0.1) is 0 Å². The average molecular weight is 299 g/mol. The maximum absolute atomic E-state index is 12.0. The fraction of sp³-hybridized carbons (Fsp3) is 0.462. The Kier molecular flexibility index (Phi) is 4.47. The molecule has 1 saturated heterocycles. The molecule has 0 spiro atoms. The van der Waals surface area contributed by atoms with E-state index < -0.39 is 0 Å². The number of aryl methyl sites for hydroxylation is 1. The molecule has 1 aliphatic rings. The Bertz CT molecular complexity index is 521. The van der Waals surface area contributed by atoms with E-state index in [0.717, 1.165) is 5.56 Å². The van der Waals surface area contributed by atoms with E-state index in [1.54, 1.807) is 18.0 Å². The Labute approximate surface area is 121 Å². The van der Waals surface area contributed by atoms with Crippen molar-refractivity contribution >= 4 is 40.1 Å². The lowest BCUT2D eigenvalue weighted by Crippen LogP contribution is -2.25. The van der Waals surface area contributed by atoms with Crippen LogP contribution in [0.4, 0.5) is 5.69 Å². The lowest BCUT2D eigenvalue weighted by atomic mass is 10.1. The molecule has 0 bridgehead atoms. The zero-order valence-corrected chi connectivity index (χ0v) is 12.4. The molecule has 0 saturated carbocycles. The van der Waals surface area contributed by atoms with Gasteiger partial charge in [0.1, 0.15) is 0 Å². The second-order valence-corrected chi connectivity index (χ2v) is 6.25. The van der Waals surface area contributed by atoms with Crippen molar-refractivity contribution in [2.75, 3.05) is 17.2 Å². The first-order valence-electron chi connectivity index (χ1n) is 6.03. The Morgan fingerprint density at radius 1 is 1.63 bits per heavy atom. The highest BCUT2D eigenvalue weighted by Gasteiger charge is 2.32. The third-order valence-corrected chi connectivity index (χ3v) is 4.31. The van der Waals surface area contributed by atoms with Gasteiger partial charge in [0, 0.05) is 31.8 Å². The predicted octanol–water partition coefficient (Wildman–Crippen LogP) is 2.68. The van der Waals surface area contributed by atoms with Crippen LogP contribution in [0.3, 0.4) is 0 Å². The number of aromatic nitrogens is 1. The molecule has 1 aliphatic heterocycles. The highest BCUT2D eigenvalue weighted by Crippen LogP contribution is 2.31. The van der Waals surface area contributed by atoms with Gasteiger partial charge in [-0.2, -0.15) is 0 Å². The van der Waals surface area contributed by atoms with Gasteiger partial charge in [-0.1, -0.05) is 23.4 Å². The van der Waals surface area contributed by atoms with Gasteiger partial charge in [-0.3, -0.25) is 9.59 Å². The number of nitrogens with zero attached hydrogens (tertiary/aromatic N) is 2. The highest BCUT2D eigenvalue weighted by atomic mass is 35.5. The summed E-state index contributed by atoms with van der Waals surface area (Å²) in [5, 5.41) is 0.431. The molecule has 1 atom stereocenters. The fourth-order valence-electron chi connectivity index (χ4n) is 2.09. The van der Waals surface area contributed by atoms with Crippen molar-refractivity contribution in [2.45, 2.75) is 20.3 Å². The van der Waals surface area contributed by atoms with Crippen molar-refractivity contribution in [1.82, 2.24) is 4.98 Å². The van der Waals surface area contributed by atoms with E-state index >= 15 is 0 Å². The van der Waals surface area contributed by atoms with Crippen molar-refractivity contribution in [3.05, 3.63) is 23.0 Å². The largest absolute Gasteiger partial charge is 0.309 e. The maximum atomic E-state index is 12.0. The highest BCUT2D eigenvalue weighted by molar-refractivity contribution is 8.13. The van der Waals surface area contributed by atoms with Crippen LogP contribution in [-0.2, 0) is 9.59 Å². The predicted molar refractivity (Wildman–Crippen MR) is 77.6 cm³/mol. The summed E-state index contributed by atoms with van der Waals surface area (Å²) in [5.74, 6) is 0.912. The SMILES string of the molecule is CC(=O)SCC1CC(=O)N(c2cc(C)cnc2Cl)C1. The Morgan fingerprint density at radius 3 is 3.05 bits per heavy atom. The van der Waals surface area contributed by atoms with Crippen LogP contribution in [0.15, 0.2) is 12.3 Å². The zero-order chi connectivity index (χ0) is 14.0. The summed E-state index contributed by atoms with van der Waals surface area (Å²) in [6, 6.07) is 1.87. The number of anilines is 1. The first-order valence-corrected chi connectivity index (χ1v) is 7.39. The van der Waals surface area contributed by atoms with Crippen LogP contribution >= 0.6 is 23.4 Å². The van der Waals surface area contributed by atoms with Crippen LogP contribution in [0.2, 0.25) is 5.15 Å². The van der Waals surface area contributed by atoms with Gasteiger partial charge in [0.2, 0.25) is 5.91 Å². The smallest absolute Gasteiger partial charge is 0.227 e. The van der Waals surface area contributed by atoms with Crippen LogP contribution < -0.4 is 4.90 Å². The van der Waals surface area contributed by atoms with E-state index in [1.165, 1.54) is 11.8 Å². The zero-order valence-electron chi connectivity index (χ0n) is 10.9. The first-order chi connectivity index (χ1) is 8.97. The quantitative estimate of drug-likeness (QED) is 0.805. The topological polar surface area (TPSA) is 50.3 Å². The van der Waals surface area contributed by atoms with Crippen LogP contribution in [0.1, 0.15) is 18.9 Å². The summed E-state index contributed by atoms with van der Waals surface area (Å²) < 4.78 is 0. The van der Waals surface area contributed by atoms with E-state index in [1.807, 2.05) is 13.0 Å². The number of halogens is 1. The molecule has 1 aromatic rings. The van der Waals surface area contributed by atoms with E-state index in [-0.39, 0.29) is 16.9 Å². The molecule has 1 unspecified atom stereocenters. The molecule has 2 heterocycles. The molecule has 6 heteroatoms. The van der Waals surface area contributed by atoms with Crippen LogP contribution in [0.5, 0.6) is 0 Å². The summed E-state index contributed by atoms with van der Waals surface area (Å²) in [4.78, 5) is 28.7. The van der Waals surface area contributed by atoms with E-state index in [2.05, 4.69) is 4.98 Å². The van der Waals surface area contributed by atoms with Gasteiger partial charge in [0.25, 0.3) is 0 Å². The molecule has 0 N–H and O–H groups in total. The number of thioether (sulfide) groups is 1. The monoisotopic (exact) mass is 298 g/mol. The molecule has 0 aliphatic carbocycles. The second-order valence-electron chi connectivity index (χ2n) is 4.70. The lowest BCUT2D eigenvalue weighted by molar-refractivity contribution is -0.117. The number of pyridine rings is 1. The van der Waals surface area contributed by atoms with Crippen molar-refractivity contribution in [2.24, 2.45) is 5.92 Å². The summed E-state index contributed by atoms with van der Waals surface area (Å²) in [7, 11) is 0. The van der Waals surface area contributed by atoms with Crippen LogP contribution in [0.25, 0.3) is 0 Å².